The van der Waals surface area contributed by atoms with Crippen LogP contribution in [0.15, 0.2) is 36.4 Å². The maximum Gasteiger partial charge on any atom is 0.257 e. The van der Waals surface area contributed by atoms with E-state index in [1.807, 2.05) is 29.2 Å². The quantitative estimate of drug-likeness (QED) is 0.719. The number of fused-ring (bicyclic) bond motifs is 1. The molecule has 0 bridgehead atoms. The molecular weight excluding hydrogens is 402 g/mol. The summed E-state index contributed by atoms with van der Waals surface area (Å²) >= 11 is 0. The summed E-state index contributed by atoms with van der Waals surface area (Å²) in [6, 6.07) is 7.90. The SMILES string of the molecule is O=C1COc2ccccc2C/C=C/CC2(CCN(C(=O)CN3CCCCCC3)CC2)CN1. The van der Waals surface area contributed by atoms with E-state index in [1.54, 1.807) is 0 Å². The first kappa shape index (κ1) is 22.8. The Bertz CT molecular complexity index is 806. The topological polar surface area (TPSA) is 61.9 Å². The Kier molecular flexibility index (Phi) is 7.85. The van der Waals surface area contributed by atoms with Gasteiger partial charge in [0.15, 0.2) is 6.61 Å². The number of amides is 2. The van der Waals surface area contributed by atoms with Gasteiger partial charge in [0.2, 0.25) is 5.91 Å². The summed E-state index contributed by atoms with van der Waals surface area (Å²) in [6.45, 7) is 4.87. The third kappa shape index (κ3) is 6.12. The van der Waals surface area contributed by atoms with Gasteiger partial charge in [-0.3, -0.25) is 14.5 Å². The molecule has 0 radical (unpaired) electrons. The number of allylic oxidation sites excluding steroid dienone is 2. The number of hydrogen-bond acceptors (Lipinski definition) is 4. The number of ether oxygens (including phenoxy) is 1. The van der Waals surface area contributed by atoms with Crippen molar-refractivity contribution in [3.05, 3.63) is 42.0 Å². The van der Waals surface area contributed by atoms with Crippen molar-refractivity contribution in [1.82, 2.24) is 15.1 Å². The molecule has 1 spiro atoms. The summed E-state index contributed by atoms with van der Waals surface area (Å²) in [5.74, 6) is 0.960. The van der Waals surface area contributed by atoms with Gasteiger partial charge in [-0.1, -0.05) is 43.2 Å². The lowest BCUT2D eigenvalue weighted by atomic mass is 9.75. The molecule has 6 nitrogen and oxygen atoms in total. The molecule has 174 valence electrons. The van der Waals surface area contributed by atoms with Gasteiger partial charge in [0.1, 0.15) is 5.75 Å². The number of rotatable bonds is 2. The predicted octanol–water partition coefficient (Wildman–Crippen LogP) is 3.17. The second-order valence-electron chi connectivity index (χ2n) is 9.62. The molecular formula is C26H37N3O3. The van der Waals surface area contributed by atoms with Gasteiger partial charge >= 0.3 is 0 Å². The molecule has 0 unspecified atom stereocenters. The third-order valence-corrected chi connectivity index (χ3v) is 7.28. The van der Waals surface area contributed by atoms with Crippen LogP contribution < -0.4 is 10.1 Å². The molecule has 3 aliphatic rings. The predicted molar refractivity (Wildman–Crippen MR) is 126 cm³/mol. The average molecular weight is 440 g/mol. The number of benzene rings is 1. The van der Waals surface area contributed by atoms with E-state index in [0.717, 1.165) is 63.2 Å². The number of para-hydroxylation sites is 1. The van der Waals surface area contributed by atoms with E-state index in [4.69, 9.17) is 4.74 Å². The van der Waals surface area contributed by atoms with Crippen LogP contribution >= 0.6 is 0 Å². The minimum atomic E-state index is -0.0802. The second kappa shape index (κ2) is 11.0. The number of hydrogen-bond donors (Lipinski definition) is 1. The fourth-order valence-electron chi connectivity index (χ4n) is 5.11. The van der Waals surface area contributed by atoms with E-state index in [-0.39, 0.29) is 23.8 Å². The van der Waals surface area contributed by atoms with Crippen LogP contribution in [0.5, 0.6) is 5.75 Å². The van der Waals surface area contributed by atoms with Crippen LogP contribution in [-0.4, -0.2) is 67.5 Å². The molecule has 6 heteroatoms. The van der Waals surface area contributed by atoms with Crippen LogP contribution in [0.3, 0.4) is 0 Å². The number of likely N-dealkylation sites (tertiary alicyclic amines) is 2. The van der Waals surface area contributed by atoms with Crippen molar-refractivity contribution < 1.29 is 14.3 Å². The molecule has 1 aromatic carbocycles. The van der Waals surface area contributed by atoms with Gasteiger partial charge in [-0.15, -0.1) is 0 Å². The molecule has 2 fully saturated rings. The lowest BCUT2D eigenvalue weighted by Crippen LogP contribution is -2.50. The Labute approximate surface area is 192 Å². The molecule has 1 N–H and O–H groups in total. The molecule has 0 atom stereocenters. The largest absolute Gasteiger partial charge is 0.483 e. The first-order chi connectivity index (χ1) is 15.6. The zero-order valence-corrected chi connectivity index (χ0v) is 19.2. The zero-order valence-electron chi connectivity index (χ0n) is 19.2. The van der Waals surface area contributed by atoms with Crippen molar-refractivity contribution in [2.45, 2.75) is 51.4 Å². The minimum absolute atomic E-state index is 0.00423. The summed E-state index contributed by atoms with van der Waals surface area (Å²) in [7, 11) is 0. The molecule has 2 amide bonds. The van der Waals surface area contributed by atoms with E-state index >= 15 is 0 Å². The Morgan fingerprint density at radius 3 is 2.53 bits per heavy atom. The van der Waals surface area contributed by atoms with Crippen molar-refractivity contribution in [3.63, 3.8) is 0 Å². The Hall–Kier alpha value is -2.34. The van der Waals surface area contributed by atoms with Gasteiger partial charge in [-0.05, 0) is 68.7 Å². The normalized spacial score (nSPS) is 23.6. The minimum Gasteiger partial charge on any atom is -0.483 e. The number of carbonyl (C=O) groups excluding carboxylic acids is 2. The average Bonchev–Trinajstić information content (AvgIpc) is 3.08. The highest BCUT2D eigenvalue weighted by molar-refractivity contribution is 5.78. The van der Waals surface area contributed by atoms with Crippen molar-refractivity contribution in [2.75, 3.05) is 45.9 Å². The maximum atomic E-state index is 12.9. The maximum absolute atomic E-state index is 12.9. The van der Waals surface area contributed by atoms with Crippen molar-refractivity contribution in [1.29, 1.82) is 0 Å². The van der Waals surface area contributed by atoms with Gasteiger partial charge in [-0.2, -0.15) is 0 Å². The van der Waals surface area contributed by atoms with E-state index < -0.39 is 0 Å². The van der Waals surface area contributed by atoms with Crippen LogP contribution in [0.4, 0.5) is 0 Å². The first-order valence-electron chi connectivity index (χ1n) is 12.3. The standard InChI is InChI=1S/C26H37N3O3/c30-24-20-32-23-11-4-3-9-22(23)10-5-6-12-26(21-27-24)13-17-29(18-14-26)25(31)19-28-15-7-1-2-8-16-28/h3-6,9,11H,1-2,7-8,10,12-21H2,(H,27,30)/b6-5+. The molecule has 3 heterocycles. The van der Waals surface area contributed by atoms with Crippen LogP contribution in [0.1, 0.15) is 50.5 Å². The lowest BCUT2D eigenvalue weighted by molar-refractivity contribution is -0.135. The molecule has 2 saturated heterocycles. The molecule has 3 aliphatic heterocycles. The molecule has 4 rings (SSSR count). The molecule has 0 saturated carbocycles. The van der Waals surface area contributed by atoms with Crippen molar-refractivity contribution in [3.8, 4) is 5.75 Å². The highest BCUT2D eigenvalue weighted by atomic mass is 16.5. The molecule has 0 aromatic heterocycles. The summed E-state index contributed by atoms with van der Waals surface area (Å²) in [4.78, 5) is 29.7. The van der Waals surface area contributed by atoms with E-state index in [9.17, 15) is 9.59 Å². The van der Waals surface area contributed by atoms with E-state index in [0.29, 0.717) is 13.1 Å². The summed E-state index contributed by atoms with van der Waals surface area (Å²) in [5, 5.41) is 3.10. The Morgan fingerprint density at radius 2 is 1.75 bits per heavy atom. The highest BCUT2D eigenvalue weighted by Gasteiger charge is 2.35. The second-order valence-corrected chi connectivity index (χ2v) is 9.62. The van der Waals surface area contributed by atoms with E-state index in [2.05, 4.69) is 22.4 Å². The summed E-state index contributed by atoms with van der Waals surface area (Å²) < 4.78 is 5.77. The number of nitrogens with one attached hydrogen (secondary N) is 1. The van der Waals surface area contributed by atoms with Gasteiger partial charge in [0, 0.05) is 19.6 Å². The van der Waals surface area contributed by atoms with Gasteiger partial charge < -0.3 is 15.0 Å². The summed E-state index contributed by atoms with van der Waals surface area (Å²) in [6.07, 6.45) is 13.0. The highest BCUT2D eigenvalue weighted by Crippen LogP contribution is 2.35. The van der Waals surface area contributed by atoms with Crippen molar-refractivity contribution >= 4 is 11.8 Å². The van der Waals surface area contributed by atoms with Crippen LogP contribution in [-0.2, 0) is 16.0 Å². The monoisotopic (exact) mass is 439 g/mol. The lowest BCUT2D eigenvalue weighted by Gasteiger charge is -2.42. The number of piperidine rings is 1. The zero-order chi connectivity index (χ0) is 22.2. The van der Waals surface area contributed by atoms with E-state index in [1.165, 1.54) is 25.7 Å². The van der Waals surface area contributed by atoms with Crippen molar-refractivity contribution in [2.24, 2.45) is 5.41 Å². The van der Waals surface area contributed by atoms with Crippen LogP contribution in [0, 0.1) is 5.41 Å². The van der Waals surface area contributed by atoms with Gasteiger partial charge in [0.05, 0.1) is 6.54 Å². The fourth-order valence-corrected chi connectivity index (χ4v) is 5.11. The van der Waals surface area contributed by atoms with Crippen LogP contribution in [0.25, 0.3) is 0 Å². The fraction of sp³-hybridized carbons (Fsp3) is 0.615. The van der Waals surface area contributed by atoms with Gasteiger partial charge in [0.25, 0.3) is 5.91 Å². The smallest absolute Gasteiger partial charge is 0.257 e. The third-order valence-electron chi connectivity index (χ3n) is 7.28. The molecule has 1 aromatic rings. The summed E-state index contributed by atoms with van der Waals surface area (Å²) in [5.41, 5.74) is 1.10. The van der Waals surface area contributed by atoms with Gasteiger partial charge in [-0.25, -0.2) is 0 Å². The molecule has 0 aliphatic carbocycles. The van der Waals surface area contributed by atoms with Crippen LogP contribution in [0.2, 0.25) is 0 Å². The first-order valence-corrected chi connectivity index (χ1v) is 12.3. The number of nitrogens with zero attached hydrogens (tertiary/aromatic N) is 2. The molecule has 32 heavy (non-hydrogen) atoms. The number of carbonyl (C=O) groups is 2. The Balaban J connectivity index is 1.36. The Morgan fingerprint density at radius 1 is 1.00 bits per heavy atom.